The summed E-state index contributed by atoms with van der Waals surface area (Å²) in [6, 6.07) is -1.05. The lowest BCUT2D eigenvalue weighted by atomic mass is 9.98. The van der Waals surface area contributed by atoms with Crippen molar-refractivity contribution in [3.05, 3.63) is 0 Å². The number of esters is 2. The van der Waals surface area contributed by atoms with Crippen molar-refractivity contribution < 1.29 is 28.6 Å². The molecule has 7 heteroatoms. The van der Waals surface area contributed by atoms with Crippen LogP contribution in [-0.2, 0) is 23.8 Å². The molecule has 7 nitrogen and oxygen atoms in total. The van der Waals surface area contributed by atoms with Crippen molar-refractivity contribution in [1.29, 1.82) is 0 Å². The molecular formula is C20H31NO6. The van der Waals surface area contributed by atoms with Gasteiger partial charge in [0.2, 0.25) is 0 Å². The van der Waals surface area contributed by atoms with Gasteiger partial charge in [-0.25, -0.2) is 9.59 Å². The summed E-state index contributed by atoms with van der Waals surface area (Å²) >= 11 is 0. The smallest absolute Gasteiger partial charge is 0.408 e. The van der Waals surface area contributed by atoms with E-state index in [1.165, 1.54) is 0 Å². The summed E-state index contributed by atoms with van der Waals surface area (Å²) in [5.41, 5.74) is -0.718. The Kier molecular flexibility index (Phi) is 9.13. The van der Waals surface area contributed by atoms with Crippen LogP contribution in [0.4, 0.5) is 4.79 Å². The van der Waals surface area contributed by atoms with Gasteiger partial charge in [0.05, 0.1) is 0 Å². The first-order valence-corrected chi connectivity index (χ1v) is 9.46. The lowest BCUT2D eigenvalue weighted by molar-refractivity contribution is -0.152. The lowest BCUT2D eigenvalue weighted by Crippen LogP contribution is -2.45. The van der Waals surface area contributed by atoms with E-state index in [0.717, 1.165) is 32.1 Å². The third-order valence-electron chi connectivity index (χ3n) is 3.99. The van der Waals surface area contributed by atoms with Crippen LogP contribution in [0, 0.1) is 12.3 Å². The van der Waals surface area contributed by atoms with E-state index in [9.17, 15) is 14.4 Å². The molecule has 1 N–H and O–H groups in total. The summed E-state index contributed by atoms with van der Waals surface area (Å²) in [6.45, 7) is 6.67. The van der Waals surface area contributed by atoms with E-state index < -0.39 is 35.8 Å². The highest BCUT2D eigenvalue weighted by atomic mass is 16.6. The molecule has 0 radical (unpaired) electrons. The van der Waals surface area contributed by atoms with Gasteiger partial charge in [-0.1, -0.05) is 12.3 Å². The van der Waals surface area contributed by atoms with Gasteiger partial charge in [0.25, 0.3) is 0 Å². The van der Waals surface area contributed by atoms with Crippen LogP contribution < -0.4 is 5.32 Å². The fourth-order valence-electron chi connectivity index (χ4n) is 2.68. The molecule has 1 aliphatic carbocycles. The molecule has 0 aromatic rings. The molecule has 0 aliphatic heterocycles. The largest absolute Gasteiger partial charge is 0.462 e. The Hall–Kier alpha value is -2.23. The predicted octanol–water partition coefficient (Wildman–Crippen LogP) is 3.10. The van der Waals surface area contributed by atoms with Crippen LogP contribution in [-0.4, -0.2) is 41.9 Å². The monoisotopic (exact) mass is 381 g/mol. The summed E-state index contributed by atoms with van der Waals surface area (Å²) in [6.07, 6.45) is 8.68. The van der Waals surface area contributed by atoms with E-state index in [0.29, 0.717) is 0 Å². The van der Waals surface area contributed by atoms with E-state index in [2.05, 4.69) is 11.2 Å². The summed E-state index contributed by atoms with van der Waals surface area (Å²) in [4.78, 5) is 36.3. The Morgan fingerprint density at radius 1 is 1.19 bits per heavy atom. The number of hydrogen-bond acceptors (Lipinski definition) is 6. The molecule has 0 saturated heterocycles. The van der Waals surface area contributed by atoms with Gasteiger partial charge in [-0.3, -0.25) is 4.79 Å². The number of carbonyl (C=O) groups excluding carboxylic acids is 3. The molecule has 27 heavy (non-hydrogen) atoms. The molecule has 0 unspecified atom stereocenters. The second-order valence-electron chi connectivity index (χ2n) is 7.73. The Morgan fingerprint density at radius 3 is 2.37 bits per heavy atom. The van der Waals surface area contributed by atoms with Gasteiger partial charge in [0, 0.05) is 6.42 Å². The van der Waals surface area contributed by atoms with E-state index in [-0.39, 0.29) is 18.9 Å². The molecule has 1 rings (SSSR count). The van der Waals surface area contributed by atoms with E-state index in [4.69, 9.17) is 20.6 Å². The van der Waals surface area contributed by atoms with Crippen molar-refractivity contribution in [3.8, 4) is 12.3 Å². The molecule has 1 aliphatic rings. The van der Waals surface area contributed by atoms with Crippen LogP contribution in [0.5, 0.6) is 0 Å². The summed E-state index contributed by atoms with van der Waals surface area (Å²) < 4.78 is 15.7. The number of nitrogens with one attached hydrogen (secondary N) is 1. The van der Waals surface area contributed by atoms with Gasteiger partial charge in [0.1, 0.15) is 17.7 Å². The summed E-state index contributed by atoms with van der Waals surface area (Å²) in [7, 11) is 0. The zero-order valence-electron chi connectivity index (χ0n) is 16.7. The van der Waals surface area contributed by atoms with Gasteiger partial charge < -0.3 is 19.5 Å². The van der Waals surface area contributed by atoms with Crippen LogP contribution in [0.2, 0.25) is 0 Å². The zero-order chi connectivity index (χ0) is 20.4. The summed E-state index contributed by atoms with van der Waals surface area (Å²) in [5.74, 6) is 1.18. The van der Waals surface area contributed by atoms with Gasteiger partial charge in [-0.2, -0.15) is 0 Å². The number of carbonyl (C=O) groups is 3. The maximum atomic E-state index is 12.3. The number of amides is 1. The molecule has 0 spiro atoms. The highest BCUT2D eigenvalue weighted by Gasteiger charge is 2.28. The number of rotatable bonds is 7. The molecular weight excluding hydrogens is 350 g/mol. The van der Waals surface area contributed by atoms with E-state index in [1.807, 2.05) is 0 Å². The van der Waals surface area contributed by atoms with Crippen molar-refractivity contribution >= 4 is 18.0 Å². The standard InChI is InChI=1S/C20H31NO6/c1-6-14(2)25-18(23)16(21-19(24)27-20(3,4)5)12-13-17(22)26-15-10-8-7-9-11-15/h1,14-16H,7-13H2,2-5H3,(H,21,24)/t14-,16+/m1/s1. The second kappa shape index (κ2) is 10.8. The van der Waals surface area contributed by atoms with Gasteiger partial charge in [-0.15, -0.1) is 6.42 Å². The number of terminal acetylenes is 1. The fourth-order valence-corrected chi connectivity index (χ4v) is 2.68. The average molecular weight is 381 g/mol. The van der Waals surface area contributed by atoms with E-state index >= 15 is 0 Å². The average Bonchev–Trinajstić information content (AvgIpc) is 2.57. The minimum absolute atomic E-state index is 0.0174. The molecule has 2 atom stereocenters. The lowest BCUT2D eigenvalue weighted by Gasteiger charge is -2.24. The summed E-state index contributed by atoms with van der Waals surface area (Å²) in [5, 5.41) is 2.45. The van der Waals surface area contributed by atoms with Gasteiger partial charge >= 0.3 is 18.0 Å². The van der Waals surface area contributed by atoms with Crippen LogP contribution in [0.25, 0.3) is 0 Å². The number of alkyl carbamates (subject to hydrolysis) is 1. The van der Waals surface area contributed by atoms with E-state index in [1.54, 1.807) is 27.7 Å². The molecule has 0 bridgehead atoms. The number of hydrogen-bond donors (Lipinski definition) is 1. The molecule has 0 aromatic carbocycles. The normalized spacial score (nSPS) is 17.1. The Morgan fingerprint density at radius 2 is 1.81 bits per heavy atom. The molecule has 152 valence electrons. The first-order valence-electron chi connectivity index (χ1n) is 9.46. The Bertz CT molecular complexity index is 554. The maximum absolute atomic E-state index is 12.3. The van der Waals surface area contributed by atoms with Crippen molar-refractivity contribution in [2.45, 2.75) is 96.5 Å². The molecule has 0 aromatic heterocycles. The Balaban J connectivity index is 2.60. The first kappa shape index (κ1) is 22.8. The topological polar surface area (TPSA) is 90.9 Å². The number of ether oxygens (including phenoxy) is 3. The molecule has 1 amide bonds. The van der Waals surface area contributed by atoms with Crippen molar-refractivity contribution in [2.24, 2.45) is 0 Å². The SMILES string of the molecule is C#C[C@@H](C)OC(=O)[C@H](CCC(=O)OC1CCCCC1)NC(=O)OC(C)(C)C. The third-order valence-corrected chi connectivity index (χ3v) is 3.99. The minimum Gasteiger partial charge on any atom is -0.462 e. The third kappa shape index (κ3) is 9.88. The highest BCUT2D eigenvalue weighted by Crippen LogP contribution is 2.21. The maximum Gasteiger partial charge on any atom is 0.408 e. The Labute approximate surface area is 161 Å². The molecule has 0 heterocycles. The van der Waals surface area contributed by atoms with Crippen LogP contribution in [0.15, 0.2) is 0 Å². The second-order valence-corrected chi connectivity index (χ2v) is 7.73. The predicted molar refractivity (Wildman–Crippen MR) is 99.7 cm³/mol. The molecule has 1 saturated carbocycles. The molecule has 1 fully saturated rings. The van der Waals surface area contributed by atoms with Gasteiger partial charge in [-0.05, 0) is 59.8 Å². The van der Waals surface area contributed by atoms with Crippen LogP contribution in [0.3, 0.4) is 0 Å². The van der Waals surface area contributed by atoms with Crippen LogP contribution in [0.1, 0.15) is 72.6 Å². The van der Waals surface area contributed by atoms with Crippen molar-refractivity contribution in [1.82, 2.24) is 5.32 Å². The van der Waals surface area contributed by atoms with Crippen molar-refractivity contribution in [3.63, 3.8) is 0 Å². The first-order chi connectivity index (χ1) is 12.6. The highest BCUT2D eigenvalue weighted by molar-refractivity contribution is 5.82. The van der Waals surface area contributed by atoms with Crippen LogP contribution >= 0.6 is 0 Å². The quantitative estimate of drug-likeness (QED) is 0.414. The van der Waals surface area contributed by atoms with Crippen molar-refractivity contribution in [2.75, 3.05) is 0 Å². The zero-order valence-corrected chi connectivity index (χ0v) is 16.7. The fraction of sp³-hybridized carbons (Fsp3) is 0.750. The van der Waals surface area contributed by atoms with Gasteiger partial charge in [0.15, 0.2) is 6.10 Å². The minimum atomic E-state index is -1.05.